The topological polar surface area (TPSA) is 43.9 Å². The molecule has 1 aromatic heterocycles. The van der Waals surface area contributed by atoms with E-state index in [0.717, 1.165) is 38.0 Å². The van der Waals surface area contributed by atoms with Gasteiger partial charge in [0.15, 0.2) is 5.78 Å². The fourth-order valence-corrected chi connectivity index (χ4v) is 4.89. The van der Waals surface area contributed by atoms with E-state index in [1.54, 1.807) is 18.2 Å². The lowest BCUT2D eigenvalue weighted by atomic mass is 9.96. The van der Waals surface area contributed by atoms with Gasteiger partial charge in [0.05, 0.1) is 9.75 Å². The summed E-state index contributed by atoms with van der Waals surface area (Å²) >= 11 is 1.27. The molecule has 168 valence electrons. The van der Waals surface area contributed by atoms with Crippen LogP contribution >= 0.6 is 11.3 Å². The molecule has 0 N–H and O–H groups in total. The van der Waals surface area contributed by atoms with Crippen molar-refractivity contribution >= 4 is 23.0 Å². The summed E-state index contributed by atoms with van der Waals surface area (Å²) in [5.41, 5.74) is 0.721. The van der Waals surface area contributed by atoms with E-state index in [9.17, 15) is 14.0 Å². The highest BCUT2D eigenvalue weighted by Crippen LogP contribution is 2.23. The van der Waals surface area contributed by atoms with Gasteiger partial charge in [-0.05, 0) is 64.5 Å². The molecule has 7 heteroatoms. The second kappa shape index (κ2) is 11.0. The Morgan fingerprint density at radius 2 is 1.87 bits per heavy atom. The molecular weight excluding hydrogens is 413 g/mol. The Kier molecular flexibility index (Phi) is 8.35. The number of Topliss-reactive ketones (excluding diaryl/α,β-unsaturated/α-hetero) is 1. The van der Waals surface area contributed by atoms with Gasteiger partial charge in [0.1, 0.15) is 5.82 Å². The molecule has 0 saturated carbocycles. The van der Waals surface area contributed by atoms with Crippen LogP contribution in [0.2, 0.25) is 0 Å². The van der Waals surface area contributed by atoms with E-state index in [1.807, 2.05) is 31.1 Å². The Morgan fingerprint density at radius 3 is 2.55 bits per heavy atom. The van der Waals surface area contributed by atoms with Crippen LogP contribution in [0.15, 0.2) is 36.4 Å². The van der Waals surface area contributed by atoms with Crippen LogP contribution in [0.3, 0.4) is 0 Å². The third kappa shape index (κ3) is 6.69. The third-order valence-electron chi connectivity index (χ3n) is 5.70. The van der Waals surface area contributed by atoms with E-state index in [2.05, 4.69) is 9.80 Å². The van der Waals surface area contributed by atoms with Crippen molar-refractivity contribution in [3.63, 3.8) is 0 Å². The molecule has 1 atom stereocenters. The number of hydrogen-bond acceptors (Lipinski definition) is 5. The molecule has 1 aliphatic rings. The summed E-state index contributed by atoms with van der Waals surface area (Å²) in [5.74, 6) is 0.163. The summed E-state index contributed by atoms with van der Waals surface area (Å²) in [4.78, 5) is 32.4. The van der Waals surface area contributed by atoms with E-state index in [0.29, 0.717) is 35.3 Å². The standard InChI is InChI=1S/C24H32FN3O2S/c1-18(29)22-10-11-23(31-22)24(30)28(14-13-26(2)3)16-19-7-6-12-27(15-19)17-20-8-4-5-9-21(20)25/h4-5,8-11,19H,6-7,12-17H2,1-3H3/t19-/m0/s1. The van der Waals surface area contributed by atoms with E-state index in [-0.39, 0.29) is 17.5 Å². The molecule has 2 heterocycles. The lowest BCUT2D eigenvalue weighted by Gasteiger charge is -2.36. The van der Waals surface area contributed by atoms with E-state index in [4.69, 9.17) is 0 Å². The van der Waals surface area contributed by atoms with Crippen molar-refractivity contribution in [3.05, 3.63) is 57.5 Å². The molecule has 5 nitrogen and oxygen atoms in total. The number of carbonyl (C=O) groups excluding carboxylic acids is 2. The Bertz CT molecular complexity index is 898. The van der Waals surface area contributed by atoms with Crippen LogP contribution in [0.25, 0.3) is 0 Å². The van der Waals surface area contributed by atoms with Crippen LogP contribution in [0.4, 0.5) is 4.39 Å². The largest absolute Gasteiger partial charge is 0.336 e. The zero-order chi connectivity index (χ0) is 22.4. The van der Waals surface area contributed by atoms with Gasteiger partial charge in [-0.3, -0.25) is 14.5 Å². The zero-order valence-corrected chi connectivity index (χ0v) is 19.5. The van der Waals surface area contributed by atoms with Crippen molar-refractivity contribution in [2.45, 2.75) is 26.3 Å². The quantitative estimate of drug-likeness (QED) is 0.547. The molecule has 1 aliphatic heterocycles. The normalized spacial score (nSPS) is 17.1. The molecule has 1 amide bonds. The Morgan fingerprint density at radius 1 is 1.13 bits per heavy atom. The Balaban J connectivity index is 1.67. The number of piperidine rings is 1. The molecule has 1 aromatic carbocycles. The molecule has 0 unspecified atom stereocenters. The van der Waals surface area contributed by atoms with Gasteiger partial charge in [0.25, 0.3) is 5.91 Å². The lowest BCUT2D eigenvalue weighted by Crippen LogP contribution is -2.44. The summed E-state index contributed by atoms with van der Waals surface area (Å²) in [6.45, 7) is 6.02. The minimum Gasteiger partial charge on any atom is -0.336 e. The molecule has 2 aromatic rings. The maximum atomic E-state index is 14.1. The Hall–Kier alpha value is -2.09. The minimum atomic E-state index is -0.161. The van der Waals surface area contributed by atoms with Crippen LogP contribution in [0.5, 0.6) is 0 Å². The summed E-state index contributed by atoms with van der Waals surface area (Å²) in [6, 6.07) is 10.4. The number of nitrogens with zero attached hydrogens (tertiary/aromatic N) is 3. The van der Waals surface area contributed by atoms with Gasteiger partial charge < -0.3 is 9.80 Å². The van der Waals surface area contributed by atoms with Crippen molar-refractivity contribution in [2.24, 2.45) is 5.92 Å². The average molecular weight is 446 g/mol. The number of rotatable bonds is 9. The third-order valence-corrected chi connectivity index (χ3v) is 6.88. The smallest absolute Gasteiger partial charge is 0.263 e. The average Bonchev–Trinajstić information content (AvgIpc) is 3.23. The molecule has 0 radical (unpaired) electrons. The fourth-order valence-electron chi connectivity index (χ4n) is 4.02. The first-order valence-electron chi connectivity index (χ1n) is 10.8. The molecule has 0 aliphatic carbocycles. The van der Waals surface area contributed by atoms with E-state index >= 15 is 0 Å². The molecule has 3 rings (SSSR count). The fraction of sp³-hybridized carbons (Fsp3) is 0.500. The number of halogens is 1. The number of likely N-dealkylation sites (N-methyl/N-ethyl adjacent to an activating group) is 1. The van der Waals surface area contributed by atoms with Crippen molar-refractivity contribution in [1.82, 2.24) is 14.7 Å². The second-order valence-corrected chi connectivity index (χ2v) is 9.69. The summed E-state index contributed by atoms with van der Waals surface area (Å²) in [7, 11) is 4.00. The van der Waals surface area contributed by atoms with Gasteiger partial charge >= 0.3 is 0 Å². The van der Waals surface area contributed by atoms with Gasteiger partial charge in [-0.2, -0.15) is 0 Å². The first-order valence-corrected chi connectivity index (χ1v) is 11.7. The molecule has 1 fully saturated rings. The molecule has 0 spiro atoms. The first kappa shape index (κ1) is 23.6. The van der Waals surface area contributed by atoms with Gasteiger partial charge in [-0.1, -0.05) is 18.2 Å². The second-order valence-electron chi connectivity index (χ2n) is 8.61. The monoisotopic (exact) mass is 445 g/mol. The number of likely N-dealkylation sites (tertiary alicyclic amines) is 1. The summed E-state index contributed by atoms with van der Waals surface area (Å²) < 4.78 is 14.1. The number of benzene rings is 1. The number of hydrogen-bond donors (Lipinski definition) is 0. The SMILES string of the molecule is CC(=O)c1ccc(C(=O)N(CCN(C)C)C[C@H]2CCCN(Cc3ccccc3F)C2)s1. The van der Waals surface area contributed by atoms with Crippen molar-refractivity contribution in [3.8, 4) is 0 Å². The van der Waals surface area contributed by atoms with Crippen LogP contribution < -0.4 is 0 Å². The maximum Gasteiger partial charge on any atom is 0.263 e. The van der Waals surface area contributed by atoms with Crippen LogP contribution in [-0.4, -0.2) is 73.2 Å². The number of ketones is 1. The van der Waals surface area contributed by atoms with Crippen LogP contribution in [0.1, 0.15) is 44.7 Å². The van der Waals surface area contributed by atoms with Gasteiger partial charge in [0, 0.05) is 38.3 Å². The van der Waals surface area contributed by atoms with Gasteiger partial charge in [-0.25, -0.2) is 4.39 Å². The van der Waals surface area contributed by atoms with Crippen molar-refractivity contribution in [2.75, 3.05) is 46.8 Å². The van der Waals surface area contributed by atoms with Gasteiger partial charge in [0.2, 0.25) is 0 Å². The highest BCUT2D eigenvalue weighted by molar-refractivity contribution is 7.15. The molecule has 0 bridgehead atoms. The number of thiophene rings is 1. The van der Waals surface area contributed by atoms with Crippen molar-refractivity contribution in [1.29, 1.82) is 0 Å². The number of carbonyl (C=O) groups is 2. The van der Waals surface area contributed by atoms with Crippen LogP contribution in [0, 0.1) is 11.7 Å². The predicted octanol–water partition coefficient (Wildman–Crippen LogP) is 4.01. The maximum absolute atomic E-state index is 14.1. The summed E-state index contributed by atoms with van der Waals surface area (Å²) in [6.07, 6.45) is 2.10. The number of amides is 1. The first-order chi connectivity index (χ1) is 14.8. The molecular formula is C24H32FN3O2S. The van der Waals surface area contributed by atoms with Crippen LogP contribution in [-0.2, 0) is 6.54 Å². The predicted molar refractivity (Wildman–Crippen MR) is 123 cm³/mol. The Labute approximate surface area is 188 Å². The highest BCUT2D eigenvalue weighted by atomic mass is 32.1. The zero-order valence-electron chi connectivity index (χ0n) is 18.6. The summed E-state index contributed by atoms with van der Waals surface area (Å²) in [5, 5.41) is 0. The minimum absolute atomic E-state index is 0.00872. The molecule has 1 saturated heterocycles. The van der Waals surface area contributed by atoms with E-state index < -0.39 is 0 Å². The lowest BCUT2D eigenvalue weighted by molar-refractivity contribution is 0.0664. The highest BCUT2D eigenvalue weighted by Gasteiger charge is 2.26. The van der Waals surface area contributed by atoms with Crippen molar-refractivity contribution < 1.29 is 14.0 Å². The molecule has 31 heavy (non-hydrogen) atoms. The van der Waals surface area contributed by atoms with Gasteiger partial charge in [-0.15, -0.1) is 11.3 Å². The van der Waals surface area contributed by atoms with E-state index in [1.165, 1.54) is 24.3 Å².